The Morgan fingerprint density at radius 3 is 2.63 bits per heavy atom. The summed E-state index contributed by atoms with van der Waals surface area (Å²) in [6, 6.07) is 12.0. The molecule has 10 heteroatoms. The smallest absolute Gasteiger partial charge is 0.379 e. The van der Waals surface area contributed by atoms with E-state index in [9.17, 15) is 22.8 Å². The monoisotopic (exact) mass is 482 g/mol. The zero-order valence-electron chi connectivity index (χ0n) is 18.9. The summed E-state index contributed by atoms with van der Waals surface area (Å²) in [5.41, 5.74) is 1.50. The molecule has 0 spiro atoms. The van der Waals surface area contributed by atoms with Gasteiger partial charge in [0, 0.05) is 50.3 Å². The van der Waals surface area contributed by atoms with Gasteiger partial charge >= 0.3 is 6.18 Å². The molecule has 1 aliphatic heterocycles. The molecule has 1 fully saturated rings. The van der Waals surface area contributed by atoms with Crippen LogP contribution in [0.2, 0.25) is 0 Å². The van der Waals surface area contributed by atoms with Crippen molar-refractivity contribution in [1.82, 2.24) is 15.0 Å². The van der Waals surface area contributed by atoms with E-state index in [2.05, 4.69) is 15.0 Å². The summed E-state index contributed by atoms with van der Waals surface area (Å²) in [4.78, 5) is 38.5. The van der Waals surface area contributed by atoms with Gasteiger partial charge in [-0.2, -0.15) is 13.2 Å². The second-order valence-corrected chi connectivity index (χ2v) is 8.57. The fourth-order valence-electron chi connectivity index (χ4n) is 4.66. The van der Waals surface area contributed by atoms with Crippen molar-refractivity contribution in [3.63, 3.8) is 0 Å². The third-order valence-electron chi connectivity index (χ3n) is 6.36. The van der Waals surface area contributed by atoms with Gasteiger partial charge in [0.2, 0.25) is 0 Å². The Hall–Kier alpha value is -3.79. The van der Waals surface area contributed by atoms with Gasteiger partial charge in [-0.05, 0) is 18.2 Å². The van der Waals surface area contributed by atoms with E-state index < -0.39 is 23.6 Å². The van der Waals surface area contributed by atoms with Crippen molar-refractivity contribution in [3.8, 4) is 11.3 Å². The number of aromatic nitrogens is 3. The number of benzene rings is 1. The van der Waals surface area contributed by atoms with E-state index in [4.69, 9.17) is 4.74 Å². The van der Waals surface area contributed by atoms with Crippen molar-refractivity contribution in [2.24, 2.45) is 5.92 Å². The molecule has 2 atom stereocenters. The second kappa shape index (κ2) is 8.46. The van der Waals surface area contributed by atoms with Gasteiger partial charge in [0.15, 0.2) is 11.2 Å². The van der Waals surface area contributed by atoms with Crippen LogP contribution in [0, 0.1) is 5.92 Å². The summed E-state index contributed by atoms with van der Waals surface area (Å²) >= 11 is 0. The minimum Gasteiger partial charge on any atom is -0.379 e. The molecule has 7 nitrogen and oxygen atoms in total. The lowest BCUT2D eigenvalue weighted by Crippen LogP contribution is -2.34. The summed E-state index contributed by atoms with van der Waals surface area (Å²) in [6.07, 6.45) is -4.05. The number of nitrogens with zero attached hydrogens (tertiary/aromatic N) is 3. The number of Topliss-reactive ketones (excluding diaryl/α,β-unsaturated/α-hetero) is 1. The normalized spacial score (nSPS) is 18.5. The molecule has 180 valence electrons. The van der Waals surface area contributed by atoms with Gasteiger partial charge in [-0.1, -0.05) is 18.2 Å². The van der Waals surface area contributed by atoms with Gasteiger partial charge in [0.05, 0.1) is 28.2 Å². The molecule has 0 amide bonds. The van der Waals surface area contributed by atoms with E-state index >= 15 is 0 Å². The van der Waals surface area contributed by atoms with Gasteiger partial charge in [-0.25, -0.2) is 4.98 Å². The number of nitrogens with one attached hydrogen (secondary N) is 1. The maximum Gasteiger partial charge on any atom is 0.396 e. The molecule has 0 unspecified atom stereocenters. The number of methoxy groups -OCH3 is 1. The third-order valence-corrected chi connectivity index (χ3v) is 6.36. The van der Waals surface area contributed by atoms with Crippen molar-refractivity contribution in [1.29, 1.82) is 0 Å². The van der Waals surface area contributed by atoms with Gasteiger partial charge in [-0.3, -0.25) is 14.6 Å². The van der Waals surface area contributed by atoms with E-state index in [0.717, 1.165) is 5.39 Å². The third kappa shape index (κ3) is 4.03. The van der Waals surface area contributed by atoms with Crippen molar-refractivity contribution in [3.05, 3.63) is 64.6 Å². The number of pyridine rings is 3. The number of carbonyl (C=O) groups excluding carboxylic acids is 1. The molecule has 1 saturated heterocycles. The first-order valence-corrected chi connectivity index (χ1v) is 10.9. The number of H-pyrrole nitrogens is 1. The fraction of sp³-hybridized carbons (Fsp3) is 0.280. The van der Waals surface area contributed by atoms with Crippen molar-refractivity contribution in [2.45, 2.75) is 19.2 Å². The molecule has 5 rings (SSSR count). The van der Waals surface area contributed by atoms with Gasteiger partial charge in [0.1, 0.15) is 17.4 Å². The molecule has 4 aromatic rings. The van der Waals surface area contributed by atoms with Crippen LogP contribution in [-0.4, -0.2) is 53.2 Å². The van der Waals surface area contributed by atoms with Crippen molar-refractivity contribution in [2.75, 3.05) is 25.1 Å². The first-order valence-electron chi connectivity index (χ1n) is 10.9. The molecule has 0 saturated carbocycles. The number of carbonyl (C=O) groups is 1. The largest absolute Gasteiger partial charge is 0.396 e. The summed E-state index contributed by atoms with van der Waals surface area (Å²) in [7, 11) is 1.27. The molecular weight excluding hydrogens is 461 g/mol. The number of anilines is 1. The van der Waals surface area contributed by atoms with E-state index in [1.54, 1.807) is 29.2 Å². The average molecular weight is 482 g/mol. The molecule has 0 radical (unpaired) electrons. The quantitative estimate of drug-likeness (QED) is 0.435. The predicted molar refractivity (Wildman–Crippen MR) is 126 cm³/mol. The number of fused-ring (bicyclic) bond motifs is 2. The molecule has 0 bridgehead atoms. The SMILES string of the molecule is CO[C@@H]1CN(c2nc3ccccc3cc2-c2cc(=O)c3c(C(C)=O)nccc3[nH]2)C[C@H]1C(F)(F)F. The van der Waals surface area contributed by atoms with Crippen LogP contribution in [0.15, 0.2) is 53.5 Å². The standard InChI is InChI=1S/C25H21F3N4O3/c1-13(33)23-22-18(7-8-29-23)30-19(10-20(22)34)15-9-14-5-3-4-6-17(14)31-24(15)32-11-16(25(26,27)28)21(12-32)35-2/h3-10,16,21H,11-12H2,1-2H3,(H,30,34)/t16-,21-/m1/s1. The highest BCUT2D eigenvalue weighted by atomic mass is 19.4. The molecule has 1 aliphatic rings. The highest BCUT2D eigenvalue weighted by Crippen LogP contribution is 2.40. The Morgan fingerprint density at radius 1 is 1.17 bits per heavy atom. The number of para-hydroxylation sites is 1. The zero-order valence-corrected chi connectivity index (χ0v) is 18.9. The van der Waals surface area contributed by atoms with Crippen LogP contribution < -0.4 is 10.3 Å². The Balaban J connectivity index is 1.71. The number of hydrogen-bond donors (Lipinski definition) is 1. The summed E-state index contributed by atoms with van der Waals surface area (Å²) in [5, 5.41) is 0.929. The molecule has 0 aliphatic carbocycles. The van der Waals surface area contributed by atoms with Gasteiger partial charge in [-0.15, -0.1) is 0 Å². The zero-order chi connectivity index (χ0) is 24.9. The Morgan fingerprint density at radius 2 is 1.94 bits per heavy atom. The Kier molecular flexibility index (Phi) is 5.55. The maximum atomic E-state index is 13.7. The average Bonchev–Trinajstić information content (AvgIpc) is 3.28. The summed E-state index contributed by atoms with van der Waals surface area (Å²) in [5.74, 6) is -1.70. The summed E-state index contributed by atoms with van der Waals surface area (Å²) in [6.45, 7) is 1.00. The number of aromatic amines is 1. The first-order chi connectivity index (χ1) is 16.7. The predicted octanol–water partition coefficient (Wildman–Crippen LogP) is 4.35. The number of ketones is 1. The van der Waals surface area contributed by atoms with Crippen LogP contribution in [0.5, 0.6) is 0 Å². The molecule has 1 aromatic carbocycles. The lowest BCUT2D eigenvalue weighted by Gasteiger charge is -2.22. The van der Waals surface area contributed by atoms with Crippen LogP contribution in [-0.2, 0) is 4.74 Å². The minimum absolute atomic E-state index is 0.00473. The van der Waals surface area contributed by atoms with Crippen LogP contribution in [0.3, 0.4) is 0 Å². The minimum atomic E-state index is -4.43. The van der Waals surface area contributed by atoms with Crippen LogP contribution >= 0.6 is 0 Å². The highest BCUT2D eigenvalue weighted by molar-refractivity contribution is 6.04. The molecule has 1 N–H and O–H groups in total. The Bertz CT molecular complexity index is 1520. The van der Waals surface area contributed by atoms with Gasteiger partial charge < -0.3 is 14.6 Å². The second-order valence-electron chi connectivity index (χ2n) is 8.57. The number of hydrogen-bond acceptors (Lipinski definition) is 6. The van der Waals surface area contributed by atoms with E-state index in [1.807, 2.05) is 12.1 Å². The number of alkyl halides is 3. The van der Waals surface area contributed by atoms with Crippen LogP contribution in [0.4, 0.5) is 19.0 Å². The summed E-state index contributed by atoms with van der Waals surface area (Å²) < 4.78 is 46.2. The maximum absolute atomic E-state index is 13.7. The number of ether oxygens (including phenoxy) is 1. The first kappa shape index (κ1) is 23.0. The molecule has 3 aromatic heterocycles. The Labute approximate surface area is 197 Å². The highest BCUT2D eigenvalue weighted by Gasteiger charge is 2.50. The van der Waals surface area contributed by atoms with Crippen molar-refractivity contribution < 1.29 is 22.7 Å². The lowest BCUT2D eigenvalue weighted by molar-refractivity contribution is -0.191. The van der Waals surface area contributed by atoms with E-state index in [-0.39, 0.29) is 30.0 Å². The lowest BCUT2D eigenvalue weighted by atomic mass is 10.1. The van der Waals surface area contributed by atoms with Gasteiger partial charge in [0.25, 0.3) is 0 Å². The number of rotatable bonds is 4. The van der Waals surface area contributed by atoms with E-state index in [0.29, 0.717) is 28.1 Å². The fourth-order valence-corrected chi connectivity index (χ4v) is 4.66. The van der Waals surface area contributed by atoms with Crippen LogP contribution in [0.1, 0.15) is 17.4 Å². The van der Waals surface area contributed by atoms with E-state index in [1.165, 1.54) is 26.3 Å². The number of halogens is 3. The van der Waals surface area contributed by atoms with Crippen molar-refractivity contribution >= 4 is 33.4 Å². The topological polar surface area (TPSA) is 88.2 Å². The molecule has 4 heterocycles. The van der Waals surface area contributed by atoms with Crippen LogP contribution in [0.25, 0.3) is 33.1 Å². The molecular formula is C25H21F3N4O3. The molecule has 35 heavy (non-hydrogen) atoms.